The van der Waals surface area contributed by atoms with E-state index in [1.54, 1.807) is 0 Å². The van der Waals surface area contributed by atoms with Gasteiger partial charge >= 0.3 is 6.18 Å². The van der Waals surface area contributed by atoms with Crippen molar-refractivity contribution in [1.29, 1.82) is 0 Å². The summed E-state index contributed by atoms with van der Waals surface area (Å²) in [6.45, 7) is 3.40. The van der Waals surface area contributed by atoms with Crippen LogP contribution in [0.3, 0.4) is 0 Å². The molecule has 0 unspecified atom stereocenters. The normalized spacial score (nSPS) is 14.0. The average Bonchev–Trinajstić information content (AvgIpc) is 2.45. The molecular weight excluding hydrogens is 301 g/mol. The Balaban J connectivity index is 2.82. The Morgan fingerprint density at radius 2 is 1.86 bits per heavy atom. The van der Waals surface area contributed by atoms with Crippen molar-refractivity contribution >= 4 is 11.8 Å². The monoisotopic (exact) mass is 316 g/mol. The van der Waals surface area contributed by atoms with Crippen molar-refractivity contribution in [2.24, 2.45) is 5.73 Å². The number of aliphatic hydroxyl groups is 1. The molecule has 1 aromatic carbocycles. The molecule has 0 aromatic heterocycles. The van der Waals surface area contributed by atoms with Gasteiger partial charge in [0.05, 0.1) is 5.56 Å². The van der Waals surface area contributed by atoms with Crippen LogP contribution >= 0.6 is 0 Å². The van der Waals surface area contributed by atoms with Gasteiger partial charge in [-0.1, -0.05) is 18.2 Å². The fourth-order valence-corrected chi connectivity index (χ4v) is 1.67. The number of amides is 2. The van der Waals surface area contributed by atoms with Crippen molar-refractivity contribution in [1.82, 2.24) is 5.32 Å². The highest BCUT2D eigenvalue weighted by atomic mass is 19.4. The summed E-state index contributed by atoms with van der Waals surface area (Å²) in [4.78, 5) is 22.9. The van der Waals surface area contributed by atoms with Crippen molar-refractivity contribution < 1.29 is 27.9 Å². The van der Waals surface area contributed by atoms with Crippen molar-refractivity contribution in [2.75, 3.05) is 0 Å². The smallest absolute Gasteiger partial charge is 0.378 e. The van der Waals surface area contributed by atoms with E-state index in [0.717, 1.165) is 24.3 Å². The van der Waals surface area contributed by atoms with Crippen LogP contribution in [0.4, 0.5) is 13.2 Å². The number of halogens is 3. The van der Waals surface area contributed by atoms with Crippen LogP contribution in [0, 0.1) is 0 Å². The van der Waals surface area contributed by atoms with Crippen LogP contribution in [0.2, 0.25) is 0 Å². The number of benzene rings is 1. The van der Waals surface area contributed by atoms with Gasteiger partial charge in [-0.2, -0.15) is 13.2 Å². The molecule has 0 aliphatic heterocycles. The molecule has 22 heavy (non-hydrogen) atoms. The molecule has 0 aliphatic rings. The lowest BCUT2D eigenvalue weighted by Crippen LogP contribution is -2.45. The predicted molar refractivity (Wildman–Crippen MR) is 72.3 cm³/mol. The van der Waals surface area contributed by atoms with E-state index in [4.69, 9.17) is 5.73 Å². The van der Waals surface area contributed by atoms with E-state index in [9.17, 15) is 27.9 Å². The third-order valence-corrected chi connectivity index (χ3v) is 2.86. The number of primary amides is 1. The van der Waals surface area contributed by atoms with E-state index in [1.165, 1.54) is 6.08 Å². The van der Waals surface area contributed by atoms with E-state index >= 15 is 0 Å². The molecule has 8 heteroatoms. The van der Waals surface area contributed by atoms with E-state index in [-0.39, 0.29) is 12.0 Å². The lowest BCUT2D eigenvalue weighted by atomic mass is 10.1. The first-order chi connectivity index (χ1) is 10.2. The zero-order valence-corrected chi connectivity index (χ0v) is 11.4. The first kappa shape index (κ1) is 17.7. The molecule has 0 saturated carbocycles. The maximum absolute atomic E-state index is 12.4. The Morgan fingerprint density at radius 3 is 2.27 bits per heavy atom. The van der Waals surface area contributed by atoms with Crippen molar-refractivity contribution in [3.8, 4) is 0 Å². The highest BCUT2D eigenvalue weighted by molar-refractivity contribution is 5.89. The molecule has 0 radical (unpaired) electrons. The van der Waals surface area contributed by atoms with Crippen LogP contribution in [0.25, 0.3) is 0 Å². The van der Waals surface area contributed by atoms with Crippen molar-refractivity contribution in [2.45, 2.75) is 24.7 Å². The summed E-state index contributed by atoms with van der Waals surface area (Å²) in [5.74, 6) is -1.75. The number of hydrogen-bond acceptors (Lipinski definition) is 3. The molecule has 1 aromatic rings. The number of rotatable bonds is 6. The summed E-state index contributed by atoms with van der Waals surface area (Å²) in [5.41, 5.74) is 4.14. The maximum atomic E-state index is 12.4. The Bertz CT molecular complexity index is 555. The summed E-state index contributed by atoms with van der Waals surface area (Å²) in [6.07, 6.45) is -4.79. The predicted octanol–water partition coefficient (Wildman–Crippen LogP) is 1.28. The summed E-state index contributed by atoms with van der Waals surface area (Å²) < 4.78 is 37.3. The third kappa shape index (κ3) is 4.59. The molecule has 4 N–H and O–H groups in total. The molecule has 2 atom stereocenters. The minimum absolute atomic E-state index is 0.0349. The highest BCUT2D eigenvalue weighted by Crippen LogP contribution is 2.29. The van der Waals surface area contributed by atoms with Crippen LogP contribution in [0.1, 0.15) is 23.7 Å². The second-order valence-electron chi connectivity index (χ2n) is 4.51. The zero-order chi connectivity index (χ0) is 16.9. The molecule has 120 valence electrons. The standard InChI is InChI=1S/C14H15F3N2O3/c1-2-3-10(12(18)21)19-13(22)11(20)8-4-6-9(7-5-8)14(15,16)17/h2,4-7,10-11,20H,1,3H2,(H2,18,21)(H,19,22)/t10-,11+/m1/s1. The van der Waals surface area contributed by atoms with Gasteiger partial charge in [-0.3, -0.25) is 9.59 Å². The molecular formula is C14H15F3N2O3. The Kier molecular flexibility index (Phi) is 5.69. The van der Waals surface area contributed by atoms with E-state index in [1.807, 2.05) is 0 Å². The lowest BCUT2D eigenvalue weighted by molar-refractivity contribution is -0.137. The molecule has 5 nitrogen and oxygen atoms in total. The fourth-order valence-electron chi connectivity index (χ4n) is 1.67. The number of nitrogens with two attached hydrogens (primary N) is 1. The van der Waals surface area contributed by atoms with Gasteiger partial charge in [-0.25, -0.2) is 0 Å². The highest BCUT2D eigenvalue weighted by Gasteiger charge is 2.30. The maximum Gasteiger partial charge on any atom is 0.416 e. The lowest BCUT2D eigenvalue weighted by Gasteiger charge is -2.17. The van der Waals surface area contributed by atoms with Gasteiger partial charge < -0.3 is 16.2 Å². The molecule has 0 spiro atoms. The number of hydrogen-bond donors (Lipinski definition) is 3. The number of nitrogens with one attached hydrogen (secondary N) is 1. The van der Waals surface area contributed by atoms with Crippen LogP contribution < -0.4 is 11.1 Å². The molecule has 0 heterocycles. The van der Waals surface area contributed by atoms with Gasteiger partial charge in [0, 0.05) is 0 Å². The van der Waals surface area contributed by atoms with Crippen LogP contribution in [0.15, 0.2) is 36.9 Å². The van der Waals surface area contributed by atoms with Gasteiger partial charge in [0.15, 0.2) is 6.10 Å². The largest absolute Gasteiger partial charge is 0.416 e. The Hall–Kier alpha value is -2.35. The minimum Gasteiger partial charge on any atom is -0.378 e. The molecule has 1 rings (SSSR count). The van der Waals surface area contributed by atoms with Gasteiger partial charge in [0.2, 0.25) is 5.91 Å². The van der Waals surface area contributed by atoms with Gasteiger partial charge in [-0.05, 0) is 24.1 Å². The van der Waals surface area contributed by atoms with Gasteiger partial charge in [-0.15, -0.1) is 6.58 Å². The third-order valence-electron chi connectivity index (χ3n) is 2.86. The van der Waals surface area contributed by atoms with E-state index in [2.05, 4.69) is 11.9 Å². The molecule has 0 aliphatic carbocycles. The topological polar surface area (TPSA) is 92.4 Å². The molecule has 2 amide bonds. The van der Waals surface area contributed by atoms with Crippen LogP contribution in [-0.2, 0) is 15.8 Å². The molecule has 0 fully saturated rings. The first-order valence-electron chi connectivity index (χ1n) is 6.22. The SMILES string of the molecule is C=CC[C@@H](NC(=O)[C@@H](O)c1ccc(C(F)(F)F)cc1)C(N)=O. The van der Waals surface area contributed by atoms with Crippen molar-refractivity contribution in [3.63, 3.8) is 0 Å². The molecule has 0 saturated heterocycles. The zero-order valence-electron chi connectivity index (χ0n) is 11.4. The fraction of sp³-hybridized carbons (Fsp3) is 0.286. The minimum atomic E-state index is -4.51. The van der Waals surface area contributed by atoms with E-state index < -0.39 is 35.7 Å². The Labute approximate surface area is 124 Å². The summed E-state index contributed by atoms with van der Waals surface area (Å²) in [7, 11) is 0. The summed E-state index contributed by atoms with van der Waals surface area (Å²) in [5, 5.41) is 12.0. The van der Waals surface area contributed by atoms with Gasteiger partial charge in [0.1, 0.15) is 6.04 Å². The Morgan fingerprint density at radius 1 is 1.32 bits per heavy atom. The summed E-state index contributed by atoms with van der Waals surface area (Å²) >= 11 is 0. The number of alkyl halides is 3. The number of carbonyl (C=O) groups excluding carboxylic acids is 2. The van der Waals surface area contributed by atoms with E-state index in [0.29, 0.717) is 0 Å². The van der Waals surface area contributed by atoms with Crippen molar-refractivity contribution in [3.05, 3.63) is 48.0 Å². The van der Waals surface area contributed by atoms with Gasteiger partial charge in [0.25, 0.3) is 5.91 Å². The number of aliphatic hydroxyl groups excluding tert-OH is 1. The summed E-state index contributed by atoms with van der Waals surface area (Å²) in [6, 6.07) is 2.43. The molecule has 0 bridgehead atoms. The quantitative estimate of drug-likeness (QED) is 0.690. The average molecular weight is 316 g/mol. The first-order valence-corrected chi connectivity index (χ1v) is 6.22. The second kappa shape index (κ2) is 7.08. The second-order valence-corrected chi connectivity index (χ2v) is 4.51. The van der Waals surface area contributed by atoms with Crippen LogP contribution in [-0.4, -0.2) is 23.0 Å². The van der Waals surface area contributed by atoms with Crippen LogP contribution in [0.5, 0.6) is 0 Å². The number of carbonyl (C=O) groups is 2.